The van der Waals surface area contributed by atoms with Crippen LogP contribution >= 0.6 is 10.7 Å². The third kappa shape index (κ3) is 4.73. The second-order valence-electron chi connectivity index (χ2n) is 4.31. The fourth-order valence-electron chi connectivity index (χ4n) is 1.82. The van der Waals surface area contributed by atoms with Gasteiger partial charge in [-0.15, -0.1) is 0 Å². The van der Waals surface area contributed by atoms with Crippen molar-refractivity contribution in [3.8, 4) is 5.75 Å². The van der Waals surface area contributed by atoms with E-state index >= 15 is 0 Å². The SMILES string of the molecule is O=S(=O)(Cl)CCCCOc1ccc2ccccc2c1. The number of fused-ring (bicyclic) bond motifs is 1. The summed E-state index contributed by atoms with van der Waals surface area (Å²) in [6.07, 6.45) is 1.18. The Hall–Kier alpha value is -1.26. The average molecular weight is 299 g/mol. The maximum absolute atomic E-state index is 10.7. The van der Waals surface area contributed by atoms with Crippen LogP contribution in [0.25, 0.3) is 10.8 Å². The van der Waals surface area contributed by atoms with Crippen molar-refractivity contribution < 1.29 is 13.2 Å². The van der Waals surface area contributed by atoms with Gasteiger partial charge < -0.3 is 4.74 Å². The quantitative estimate of drug-likeness (QED) is 0.605. The average Bonchev–Trinajstić information content (AvgIpc) is 2.37. The van der Waals surface area contributed by atoms with E-state index in [9.17, 15) is 8.42 Å². The van der Waals surface area contributed by atoms with Crippen molar-refractivity contribution in [1.82, 2.24) is 0 Å². The van der Waals surface area contributed by atoms with Crippen LogP contribution in [0.4, 0.5) is 0 Å². The number of halogens is 1. The summed E-state index contributed by atoms with van der Waals surface area (Å²) in [7, 11) is 1.74. The minimum atomic E-state index is -3.38. The Bertz CT molecular complexity index is 653. The molecule has 0 radical (unpaired) electrons. The monoisotopic (exact) mass is 298 g/mol. The van der Waals surface area contributed by atoms with Crippen LogP contribution in [0.5, 0.6) is 5.75 Å². The van der Waals surface area contributed by atoms with E-state index in [1.807, 2.05) is 42.5 Å². The molecule has 0 amide bonds. The zero-order valence-corrected chi connectivity index (χ0v) is 12.0. The van der Waals surface area contributed by atoms with Gasteiger partial charge in [0.15, 0.2) is 0 Å². The molecule has 0 aromatic heterocycles. The standard InChI is InChI=1S/C14H15ClO3S/c15-19(16,17)10-4-3-9-18-14-8-7-12-5-1-2-6-13(12)11-14/h1-2,5-8,11H,3-4,9-10H2. The first kappa shape index (κ1) is 14.2. The number of benzene rings is 2. The Kier molecular flexibility index (Phi) is 4.66. The van der Waals surface area contributed by atoms with Crippen LogP contribution in [0.15, 0.2) is 42.5 Å². The normalized spacial score (nSPS) is 11.6. The summed E-state index contributed by atoms with van der Waals surface area (Å²) in [5, 5.41) is 2.30. The van der Waals surface area contributed by atoms with Crippen LogP contribution in [0.1, 0.15) is 12.8 Å². The van der Waals surface area contributed by atoms with Crippen molar-refractivity contribution in [2.24, 2.45) is 0 Å². The van der Waals surface area contributed by atoms with Crippen LogP contribution in [-0.2, 0) is 9.05 Å². The van der Waals surface area contributed by atoms with E-state index in [2.05, 4.69) is 0 Å². The summed E-state index contributed by atoms with van der Waals surface area (Å²) in [5.41, 5.74) is 0. The molecule has 0 saturated carbocycles. The van der Waals surface area contributed by atoms with Crippen molar-refractivity contribution in [2.45, 2.75) is 12.8 Å². The summed E-state index contributed by atoms with van der Waals surface area (Å²) in [6.45, 7) is 0.491. The summed E-state index contributed by atoms with van der Waals surface area (Å²) in [6, 6.07) is 14.0. The third-order valence-corrected chi connectivity index (χ3v) is 4.01. The Morgan fingerprint density at radius 2 is 1.74 bits per heavy atom. The first-order valence-electron chi connectivity index (χ1n) is 6.08. The molecule has 102 valence electrons. The smallest absolute Gasteiger partial charge is 0.232 e. The Balaban J connectivity index is 1.85. The van der Waals surface area contributed by atoms with Crippen molar-refractivity contribution in [3.63, 3.8) is 0 Å². The highest BCUT2D eigenvalue weighted by Gasteiger charge is 2.04. The second kappa shape index (κ2) is 6.26. The maximum Gasteiger partial charge on any atom is 0.232 e. The van der Waals surface area contributed by atoms with Gasteiger partial charge in [-0.05, 0) is 35.7 Å². The molecule has 0 fully saturated rings. The second-order valence-corrected chi connectivity index (χ2v) is 7.20. The van der Waals surface area contributed by atoms with E-state index < -0.39 is 9.05 Å². The number of unbranched alkanes of at least 4 members (excludes halogenated alkanes) is 1. The van der Waals surface area contributed by atoms with E-state index in [1.165, 1.54) is 5.39 Å². The Morgan fingerprint density at radius 3 is 2.47 bits per heavy atom. The first-order valence-corrected chi connectivity index (χ1v) is 8.56. The molecule has 2 aromatic carbocycles. The highest BCUT2D eigenvalue weighted by atomic mass is 35.7. The lowest BCUT2D eigenvalue weighted by atomic mass is 10.1. The van der Waals surface area contributed by atoms with Crippen LogP contribution in [0, 0.1) is 0 Å². The van der Waals surface area contributed by atoms with Gasteiger partial charge in [0.1, 0.15) is 5.75 Å². The van der Waals surface area contributed by atoms with Crippen molar-refractivity contribution in [3.05, 3.63) is 42.5 Å². The molecule has 0 atom stereocenters. The van der Waals surface area contributed by atoms with Crippen molar-refractivity contribution >= 4 is 30.5 Å². The fraction of sp³-hybridized carbons (Fsp3) is 0.286. The van der Waals surface area contributed by atoms with Crippen LogP contribution in [0.3, 0.4) is 0 Å². The molecule has 0 aliphatic heterocycles. The van der Waals surface area contributed by atoms with Crippen molar-refractivity contribution in [2.75, 3.05) is 12.4 Å². The number of ether oxygens (including phenoxy) is 1. The zero-order valence-electron chi connectivity index (χ0n) is 10.4. The van der Waals surface area contributed by atoms with E-state index in [0.717, 1.165) is 11.1 Å². The molecule has 0 aliphatic rings. The lowest BCUT2D eigenvalue weighted by molar-refractivity contribution is 0.310. The van der Waals surface area contributed by atoms with Gasteiger partial charge in [-0.25, -0.2) is 8.42 Å². The largest absolute Gasteiger partial charge is 0.494 e. The number of rotatable bonds is 6. The van der Waals surface area contributed by atoms with E-state index in [1.54, 1.807) is 0 Å². The van der Waals surface area contributed by atoms with Crippen LogP contribution in [-0.4, -0.2) is 20.8 Å². The molecule has 0 spiro atoms. The lowest BCUT2D eigenvalue weighted by Gasteiger charge is -2.06. The molecule has 0 bridgehead atoms. The third-order valence-electron chi connectivity index (χ3n) is 2.77. The van der Waals surface area contributed by atoms with Gasteiger partial charge in [0, 0.05) is 10.7 Å². The van der Waals surface area contributed by atoms with Gasteiger partial charge in [0.05, 0.1) is 12.4 Å². The molecular weight excluding hydrogens is 284 g/mol. The van der Waals surface area contributed by atoms with E-state index in [4.69, 9.17) is 15.4 Å². The minimum Gasteiger partial charge on any atom is -0.494 e. The number of hydrogen-bond donors (Lipinski definition) is 0. The summed E-state index contributed by atoms with van der Waals surface area (Å²) >= 11 is 0. The van der Waals surface area contributed by atoms with Gasteiger partial charge in [-0.3, -0.25) is 0 Å². The summed E-state index contributed by atoms with van der Waals surface area (Å²) in [5.74, 6) is 0.794. The van der Waals surface area contributed by atoms with E-state index in [-0.39, 0.29) is 5.75 Å². The minimum absolute atomic E-state index is 0.00433. The predicted molar refractivity (Wildman–Crippen MR) is 78.3 cm³/mol. The molecule has 0 N–H and O–H groups in total. The van der Waals surface area contributed by atoms with Crippen molar-refractivity contribution in [1.29, 1.82) is 0 Å². The van der Waals surface area contributed by atoms with E-state index in [0.29, 0.717) is 19.4 Å². The summed E-state index contributed by atoms with van der Waals surface area (Å²) in [4.78, 5) is 0. The van der Waals surface area contributed by atoms with Gasteiger partial charge in [0.25, 0.3) is 0 Å². The van der Waals surface area contributed by atoms with Crippen LogP contribution < -0.4 is 4.74 Å². The first-order chi connectivity index (χ1) is 9.04. The molecule has 19 heavy (non-hydrogen) atoms. The van der Waals surface area contributed by atoms with Gasteiger partial charge >= 0.3 is 0 Å². The number of hydrogen-bond acceptors (Lipinski definition) is 3. The van der Waals surface area contributed by atoms with Crippen LogP contribution in [0.2, 0.25) is 0 Å². The molecule has 0 saturated heterocycles. The zero-order chi connectivity index (χ0) is 13.7. The molecule has 0 heterocycles. The Morgan fingerprint density at radius 1 is 1.00 bits per heavy atom. The Labute approximate surface area is 117 Å². The topological polar surface area (TPSA) is 43.4 Å². The molecule has 3 nitrogen and oxygen atoms in total. The van der Waals surface area contributed by atoms with Gasteiger partial charge in [-0.1, -0.05) is 30.3 Å². The maximum atomic E-state index is 10.7. The molecule has 0 unspecified atom stereocenters. The molecule has 5 heteroatoms. The highest BCUT2D eigenvalue weighted by molar-refractivity contribution is 8.13. The highest BCUT2D eigenvalue weighted by Crippen LogP contribution is 2.20. The predicted octanol–water partition coefficient (Wildman–Crippen LogP) is 3.57. The lowest BCUT2D eigenvalue weighted by Crippen LogP contribution is -2.02. The molecular formula is C14H15ClO3S. The fourth-order valence-corrected chi connectivity index (χ4v) is 2.70. The molecule has 2 aromatic rings. The van der Waals surface area contributed by atoms with Gasteiger partial charge in [0.2, 0.25) is 9.05 Å². The van der Waals surface area contributed by atoms with Gasteiger partial charge in [-0.2, -0.15) is 0 Å². The molecule has 0 aliphatic carbocycles. The summed E-state index contributed by atoms with van der Waals surface area (Å²) < 4.78 is 27.1. The molecule has 2 rings (SSSR count).